The van der Waals surface area contributed by atoms with E-state index in [1.165, 1.54) is 12.1 Å². The first-order chi connectivity index (χ1) is 8.69. The monoisotopic (exact) mass is 314 g/mol. The van der Waals surface area contributed by atoms with Gasteiger partial charge in [-0.3, -0.25) is 0 Å². The average molecular weight is 315 g/mol. The summed E-state index contributed by atoms with van der Waals surface area (Å²) >= 11 is 3.33. The molecule has 96 valence electrons. The summed E-state index contributed by atoms with van der Waals surface area (Å²) in [7, 11) is 0. The van der Waals surface area contributed by atoms with Gasteiger partial charge in [0.05, 0.1) is 31.6 Å². The molecule has 0 bridgehead atoms. The van der Waals surface area contributed by atoms with Crippen molar-refractivity contribution >= 4 is 21.6 Å². The van der Waals surface area contributed by atoms with E-state index in [0.29, 0.717) is 18.8 Å². The van der Waals surface area contributed by atoms with Gasteiger partial charge in [-0.1, -0.05) is 5.21 Å². The van der Waals surface area contributed by atoms with Crippen molar-refractivity contribution < 1.29 is 9.50 Å². The van der Waals surface area contributed by atoms with Gasteiger partial charge in [-0.05, 0) is 34.1 Å². The average Bonchev–Trinajstić information content (AvgIpc) is 2.79. The van der Waals surface area contributed by atoms with Gasteiger partial charge in [0.2, 0.25) is 0 Å². The van der Waals surface area contributed by atoms with Gasteiger partial charge in [0.25, 0.3) is 0 Å². The molecule has 0 unspecified atom stereocenters. The molecule has 18 heavy (non-hydrogen) atoms. The third kappa shape index (κ3) is 3.27. The van der Waals surface area contributed by atoms with Gasteiger partial charge in [-0.15, -0.1) is 5.10 Å². The van der Waals surface area contributed by atoms with E-state index in [-0.39, 0.29) is 12.4 Å². The first-order valence-corrected chi connectivity index (χ1v) is 6.17. The second-order valence-corrected chi connectivity index (χ2v) is 4.53. The van der Waals surface area contributed by atoms with Crippen LogP contribution < -0.4 is 5.32 Å². The number of aliphatic hydroxyl groups is 1. The molecule has 0 saturated carbocycles. The highest BCUT2D eigenvalue weighted by molar-refractivity contribution is 9.10. The third-order valence-corrected chi connectivity index (χ3v) is 3.00. The zero-order valence-corrected chi connectivity index (χ0v) is 11.1. The Bertz CT molecular complexity index is 532. The van der Waals surface area contributed by atoms with Crippen LogP contribution in [0.2, 0.25) is 0 Å². The van der Waals surface area contributed by atoms with Crippen molar-refractivity contribution in [2.24, 2.45) is 0 Å². The van der Waals surface area contributed by atoms with Crippen LogP contribution in [0.5, 0.6) is 0 Å². The zero-order chi connectivity index (χ0) is 13.0. The van der Waals surface area contributed by atoms with E-state index in [1.807, 2.05) is 0 Å². The Morgan fingerprint density at radius 3 is 3.06 bits per heavy atom. The highest BCUT2D eigenvalue weighted by Crippen LogP contribution is 2.23. The minimum Gasteiger partial charge on any atom is -0.394 e. The molecule has 0 amide bonds. The van der Waals surface area contributed by atoms with Crippen LogP contribution in [-0.4, -0.2) is 26.7 Å². The lowest BCUT2D eigenvalue weighted by Gasteiger charge is -2.06. The van der Waals surface area contributed by atoms with Gasteiger partial charge in [0, 0.05) is 4.47 Å². The molecule has 2 aromatic rings. The van der Waals surface area contributed by atoms with Crippen molar-refractivity contribution in [3.8, 4) is 0 Å². The Hall–Kier alpha value is -1.47. The first kappa shape index (κ1) is 13.0. The van der Waals surface area contributed by atoms with Crippen molar-refractivity contribution in [3.63, 3.8) is 0 Å². The van der Waals surface area contributed by atoms with Crippen molar-refractivity contribution in [2.75, 3.05) is 11.9 Å². The Labute approximate surface area is 112 Å². The lowest BCUT2D eigenvalue weighted by atomic mass is 10.3. The number of hydrogen-bond donors (Lipinski definition) is 2. The lowest BCUT2D eigenvalue weighted by Crippen LogP contribution is -2.02. The molecular formula is C11H12BrFN4O. The molecule has 0 aliphatic heterocycles. The highest BCUT2D eigenvalue weighted by atomic mass is 79.9. The Morgan fingerprint density at radius 1 is 1.44 bits per heavy atom. The highest BCUT2D eigenvalue weighted by Gasteiger charge is 2.04. The van der Waals surface area contributed by atoms with Gasteiger partial charge in [-0.25, -0.2) is 9.07 Å². The van der Waals surface area contributed by atoms with Gasteiger partial charge in [0.1, 0.15) is 11.5 Å². The molecule has 2 N–H and O–H groups in total. The topological polar surface area (TPSA) is 63.0 Å². The van der Waals surface area contributed by atoms with Crippen LogP contribution in [0.1, 0.15) is 5.69 Å². The number of hydrogen-bond acceptors (Lipinski definition) is 4. The molecule has 0 atom stereocenters. The molecule has 1 aromatic heterocycles. The van der Waals surface area contributed by atoms with E-state index in [1.54, 1.807) is 16.9 Å². The van der Waals surface area contributed by atoms with Crippen molar-refractivity contribution in [1.82, 2.24) is 15.0 Å². The number of anilines is 1. The Balaban J connectivity index is 1.99. The van der Waals surface area contributed by atoms with Crippen molar-refractivity contribution in [3.05, 3.63) is 40.4 Å². The fourth-order valence-corrected chi connectivity index (χ4v) is 1.84. The minimum atomic E-state index is -0.301. The van der Waals surface area contributed by atoms with E-state index < -0.39 is 0 Å². The number of halogens is 2. The summed E-state index contributed by atoms with van der Waals surface area (Å²) in [4.78, 5) is 0. The van der Waals surface area contributed by atoms with Gasteiger partial charge < -0.3 is 10.4 Å². The molecule has 7 heteroatoms. The smallest absolute Gasteiger partial charge is 0.125 e. The van der Waals surface area contributed by atoms with Crippen LogP contribution in [0.15, 0.2) is 28.9 Å². The van der Waals surface area contributed by atoms with Crippen molar-refractivity contribution in [1.29, 1.82) is 0 Å². The molecule has 0 radical (unpaired) electrons. The van der Waals surface area contributed by atoms with E-state index in [9.17, 15) is 4.39 Å². The maximum Gasteiger partial charge on any atom is 0.125 e. The molecular weight excluding hydrogens is 303 g/mol. The standard InChI is InChI=1S/C11H12BrFN4O/c12-10-2-1-8(13)5-11(10)14-6-9-7-17(3-4-18)16-15-9/h1-2,5,7,14,18H,3-4,6H2. The second kappa shape index (κ2) is 5.92. The van der Waals surface area contributed by atoms with E-state index in [0.717, 1.165) is 10.2 Å². The number of nitrogens with zero attached hydrogens (tertiary/aromatic N) is 3. The SMILES string of the molecule is OCCn1cc(CNc2cc(F)ccc2Br)nn1. The summed E-state index contributed by atoms with van der Waals surface area (Å²) in [5, 5.41) is 19.6. The van der Waals surface area contributed by atoms with Gasteiger partial charge >= 0.3 is 0 Å². The largest absolute Gasteiger partial charge is 0.394 e. The maximum atomic E-state index is 13.1. The quantitative estimate of drug-likeness (QED) is 0.883. The minimum absolute atomic E-state index is 0.0195. The number of benzene rings is 1. The number of nitrogens with one attached hydrogen (secondary N) is 1. The summed E-state index contributed by atoms with van der Waals surface area (Å²) in [6, 6.07) is 4.43. The summed E-state index contributed by atoms with van der Waals surface area (Å²) in [5.41, 5.74) is 1.38. The third-order valence-electron chi connectivity index (χ3n) is 2.30. The van der Waals surface area contributed by atoms with Crippen LogP contribution >= 0.6 is 15.9 Å². The molecule has 0 fully saturated rings. The lowest BCUT2D eigenvalue weighted by molar-refractivity contribution is 0.268. The molecule has 2 rings (SSSR count). The Morgan fingerprint density at radius 2 is 2.28 bits per heavy atom. The van der Waals surface area contributed by atoms with Crippen LogP contribution in [0.4, 0.5) is 10.1 Å². The fourth-order valence-electron chi connectivity index (χ4n) is 1.45. The summed E-state index contributed by atoms with van der Waals surface area (Å²) in [5.74, 6) is -0.301. The van der Waals surface area contributed by atoms with Crippen molar-refractivity contribution in [2.45, 2.75) is 13.1 Å². The van der Waals surface area contributed by atoms with Gasteiger partial charge in [-0.2, -0.15) is 0 Å². The van der Waals surface area contributed by atoms with Crippen LogP contribution in [0.3, 0.4) is 0 Å². The second-order valence-electron chi connectivity index (χ2n) is 3.67. The van der Waals surface area contributed by atoms with Crippen LogP contribution in [0, 0.1) is 5.82 Å². The summed E-state index contributed by atoms with van der Waals surface area (Å²) in [6.07, 6.45) is 1.73. The molecule has 0 spiro atoms. The normalized spacial score (nSPS) is 10.6. The molecule has 5 nitrogen and oxygen atoms in total. The number of rotatable bonds is 5. The number of aliphatic hydroxyl groups excluding tert-OH is 1. The molecule has 1 heterocycles. The number of aromatic nitrogens is 3. The van der Waals surface area contributed by atoms with E-state index in [2.05, 4.69) is 31.6 Å². The van der Waals surface area contributed by atoms with E-state index >= 15 is 0 Å². The summed E-state index contributed by atoms with van der Waals surface area (Å²) in [6.45, 7) is 0.871. The predicted molar refractivity (Wildman–Crippen MR) is 68.5 cm³/mol. The van der Waals surface area contributed by atoms with E-state index in [4.69, 9.17) is 5.11 Å². The van der Waals surface area contributed by atoms with Crippen LogP contribution in [-0.2, 0) is 13.1 Å². The zero-order valence-electron chi connectivity index (χ0n) is 9.48. The summed E-state index contributed by atoms with van der Waals surface area (Å²) < 4.78 is 15.4. The first-order valence-electron chi connectivity index (χ1n) is 5.38. The molecule has 0 aliphatic carbocycles. The Kier molecular flexibility index (Phi) is 4.27. The maximum absolute atomic E-state index is 13.1. The molecule has 0 saturated heterocycles. The van der Waals surface area contributed by atoms with Crippen LogP contribution in [0.25, 0.3) is 0 Å². The molecule has 1 aromatic carbocycles. The van der Waals surface area contributed by atoms with Gasteiger partial charge in [0.15, 0.2) is 0 Å². The fraction of sp³-hybridized carbons (Fsp3) is 0.273. The molecule has 0 aliphatic rings. The predicted octanol–water partition coefficient (Wildman–Crippen LogP) is 1.78.